The second-order valence-corrected chi connectivity index (χ2v) is 6.88. The van der Waals surface area contributed by atoms with Crippen molar-refractivity contribution < 1.29 is 0 Å². The SMILES string of the molecule is CCCNC(C=C(C)C)C1(N(C)C)CCCC(C)C1. The molecule has 0 radical (unpaired) electrons. The molecule has 1 aliphatic rings. The highest BCUT2D eigenvalue weighted by molar-refractivity contribution is 5.13. The van der Waals surface area contributed by atoms with Crippen molar-refractivity contribution in [2.24, 2.45) is 5.92 Å². The first-order valence-corrected chi connectivity index (χ1v) is 7.98. The molecule has 1 fully saturated rings. The maximum atomic E-state index is 3.80. The molecule has 3 atom stereocenters. The topological polar surface area (TPSA) is 15.3 Å². The van der Waals surface area contributed by atoms with Gasteiger partial charge in [-0.15, -0.1) is 0 Å². The summed E-state index contributed by atoms with van der Waals surface area (Å²) in [6.45, 7) is 10.2. The van der Waals surface area contributed by atoms with Gasteiger partial charge >= 0.3 is 0 Å². The molecule has 19 heavy (non-hydrogen) atoms. The molecule has 0 aromatic carbocycles. The molecule has 0 amide bonds. The normalized spacial score (nSPS) is 29.3. The van der Waals surface area contributed by atoms with E-state index in [1.807, 2.05) is 0 Å². The molecule has 0 aliphatic heterocycles. The third-order valence-electron chi connectivity index (χ3n) is 4.59. The largest absolute Gasteiger partial charge is 0.309 e. The van der Waals surface area contributed by atoms with E-state index in [-0.39, 0.29) is 0 Å². The third kappa shape index (κ3) is 4.32. The molecule has 0 spiro atoms. The van der Waals surface area contributed by atoms with E-state index in [1.54, 1.807) is 0 Å². The van der Waals surface area contributed by atoms with Crippen LogP contribution >= 0.6 is 0 Å². The van der Waals surface area contributed by atoms with E-state index in [1.165, 1.54) is 37.7 Å². The molecule has 3 unspecified atom stereocenters. The predicted octanol–water partition coefficient (Wildman–Crippen LogP) is 3.83. The van der Waals surface area contributed by atoms with Gasteiger partial charge in [0.15, 0.2) is 0 Å². The summed E-state index contributed by atoms with van der Waals surface area (Å²) in [7, 11) is 4.52. The average Bonchev–Trinajstić information content (AvgIpc) is 2.33. The van der Waals surface area contributed by atoms with E-state index < -0.39 is 0 Å². The lowest BCUT2D eigenvalue weighted by molar-refractivity contribution is 0.0523. The van der Waals surface area contributed by atoms with Crippen LogP contribution in [0.15, 0.2) is 11.6 Å². The van der Waals surface area contributed by atoms with E-state index in [9.17, 15) is 0 Å². The van der Waals surface area contributed by atoms with Crippen molar-refractivity contribution >= 4 is 0 Å². The lowest BCUT2D eigenvalue weighted by Gasteiger charge is -2.50. The minimum Gasteiger partial charge on any atom is -0.309 e. The molecular weight excluding hydrogens is 232 g/mol. The van der Waals surface area contributed by atoms with Gasteiger partial charge in [-0.2, -0.15) is 0 Å². The molecule has 1 rings (SSSR count). The number of allylic oxidation sites excluding steroid dienone is 1. The quantitative estimate of drug-likeness (QED) is 0.735. The molecule has 0 saturated heterocycles. The zero-order valence-corrected chi connectivity index (χ0v) is 13.9. The first kappa shape index (κ1) is 16.7. The summed E-state index contributed by atoms with van der Waals surface area (Å²) in [6.07, 6.45) is 9.03. The molecule has 2 nitrogen and oxygen atoms in total. The highest BCUT2D eigenvalue weighted by Crippen LogP contribution is 2.38. The summed E-state index contributed by atoms with van der Waals surface area (Å²) >= 11 is 0. The van der Waals surface area contributed by atoms with Crippen molar-refractivity contribution in [3.05, 3.63) is 11.6 Å². The predicted molar refractivity (Wildman–Crippen MR) is 85.6 cm³/mol. The summed E-state index contributed by atoms with van der Waals surface area (Å²) in [5, 5.41) is 3.80. The van der Waals surface area contributed by atoms with Crippen LogP contribution in [-0.4, -0.2) is 37.1 Å². The van der Waals surface area contributed by atoms with Crippen LogP contribution < -0.4 is 5.32 Å². The van der Waals surface area contributed by atoms with Crippen molar-refractivity contribution in [2.45, 2.75) is 71.4 Å². The molecule has 0 bridgehead atoms. The van der Waals surface area contributed by atoms with Crippen LogP contribution in [0.3, 0.4) is 0 Å². The number of rotatable bonds is 6. The Morgan fingerprint density at radius 1 is 1.42 bits per heavy atom. The Bertz CT molecular complexity index is 292. The summed E-state index contributed by atoms with van der Waals surface area (Å²) in [4.78, 5) is 2.48. The highest BCUT2D eigenvalue weighted by Gasteiger charge is 2.42. The molecule has 0 heterocycles. The van der Waals surface area contributed by atoms with Crippen LogP contribution in [0, 0.1) is 5.92 Å². The fourth-order valence-electron chi connectivity index (χ4n) is 3.57. The summed E-state index contributed by atoms with van der Waals surface area (Å²) in [6, 6.07) is 0.482. The minimum absolute atomic E-state index is 0.296. The lowest BCUT2D eigenvalue weighted by Crippen LogP contribution is -2.60. The number of hydrogen-bond acceptors (Lipinski definition) is 2. The van der Waals surface area contributed by atoms with Crippen LogP contribution in [0.5, 0.6) is 0 Å². The highest BCUT2D eigenvalue weighted by atomic mass is 15.2. The van der Waals surface area contributed by atoms with E-state index in [0.717, 1.165) is 12.5 Å². The maximum Gasteiger partial charge on any atom is 0.0439 e. The molecule has 1 N–H and O–H groups in total. The van der Waals surface area contributed by atoms with Gasteiger partial charge in [-0.1, -0.05) is 38.3 Å². The maximum absolute atomic E-state index is 3.80. The number of hydrogen-bond donors (Lipinski definition) is 1. The Kier molecular flexibility index (Phi) is 6.55. The van der Waals surface area contributed by atoms with Gasteiger partial charge in [0.1, 0.15) is 0 Å². The fourth-order valence-corrected chi connectivity index (χ4v) is 3.57. The standard InChI is InChI=1S/C17H34N2/c1-7-11-18-16(12-14(2)3)17(19(5)6)10-8-9-15(4)13-17/h12,15-16,18H,7-11,13H2,1-6H3. The Hall–Kier alpha value is -0.340. The zero-order chi connectivity index (χ0) is 14.5. The van der Waals surface area contributed by atoms with Gasteiger partial charge in [-0.3, -0.25) is 0 Å². The van der Waals surface area contributed by atoms with E-state index >= 15 is 0 Å². The summed E-state index contributed by atoms with van der Waals surface area (Å²) < 4.78 is 0. The second kappa shape index (κ2) is 7.44. The van der Waals surface area contributed by atoms with Crippen LogP contribution in [0.25, 0.3) is 0 Å². The van der Waals surface area contributed by atoms with Crippen molar-refractivity contribution in [3.8, 4) is 0 Å². The van der Waals surface area contributed by atoms with Gasteiger partial charge < -0.3 is 10.2 Å². The first-order valence-electron chi connectivity index (χ1n) is 7.98. The van der Waals surface area contributed by atoms with Gasteiger partial charge in [-0.05, 0) is 59.7 Å². The van der Waals surface area contributed by atoms with Gasteiger partial charge in [-0.25, -0.2) is 0 Å². The number of likely N-dealkylation sites (N-methyl/N-ethyl adjacent to an activating group) is 1. The Morgan fingerprint density at radius 3 is 2.58 bits per heavy atom. The van der Waals surface area contributed by atoms with Gasteiger partial charge in [0.25, 0.3) is 0 Å². The van der Waals surface area contributed by atoms with E-state index in [0.29, 0.717) is 11.6 Å². The second-order valence-electron chi connectivity index (χ2n) is 6.88. The van der Waals surface area contributed by atoms with Crippen molar-refractivity contribution in [2.75, 3.05) is 20.6 Å². The number of nitrogens with zero attached hydrogens (tertiary/aromatic N) is 1. The first-order chi connectivity index (χ1) is 8.92. The fraction of sp³-hybridized carbons (Fsp3) is 0.882. The smallest absolute Gasteiger partial charge is 0.0439 e. The molecule has 0 aromatic rings. The van der Waals surface area contributed by atoms with Gasteiger partial charge in [0.05, 0.1) is 0 Å². The van der Waals surface area contributed by atoms with E-state index in [4.69, 9.17) is 0 Å². The lowest BCUT2D eigenvalue weighted by atomic mass is 9.71. The van der Waals surface area contributed by atoms with Crippen molar-refractivity contribution in [1.29, 1.82) is 0 Å². The minimum atomic E-state index is 0.296. The van der Waals surface area contributed by atoms with Crippen LogP contribution in [0.2, 0.25) is 0 Å². The van der Waals surface area contributed by atoms with Gasteiger partial charge in [0.2, 0.25) is 0 Å². The zero-order valence-electron chi connectivity index (χ0n) is 13.9. The Morgan fingerprint density at radius 2 is 2.11 bits per heavy atom. The third-order valence-corrected chi connectivity index (χ3v) is 4.59. The molecule has 112 valence electrons. The Labute approximate surface area is 120 Å². The van der Waals surface area contributed by atoms with Crippen molar-refractivity contribution in [1.82, 2.24) is 10.2 Å². The summed E-state index contributed by atoms with van der Waals surface area (Å²) in [5.41, 5.74) is 1.72. The molecule has 2 heteroatoms. The average molecular weight is 266 g/mol. The van der Waals surface area contributed by atoms with Gasteiger partial charge in [0, 0.05) is 11.6 Å². The molecule has 1 saturated carbocycles. The Balaban J connectivity index is 2.99. The molecule has 1 aliphatic carbocycles. The molecule has 0 aromatic heterocycles. The van der Waals surface area contributed by atoms with Crippen LogP contribution in [0.1, 0.15) is 59.8 Å². The monoisotopic (exact) mass is 266 g/mol. The van der Waals surface area contributed by atoms with E-state index in [2.05, 4.69) is 58.1 Å². The van der Waals surface area contributed by atoms with Crippen LogP contribution in [0.4, 0.5) is 0 Å². The summed E-state index contributed by atoms with van der Waals surface area (Å²) in [5.74, 6) is 0.840. The van der Waals surface area contributed by atoms with Crippen molar-refractivity contribution in [3.63, 3.8) is 0 Å². The number of nitrogens with one attached hydrogen (secondary N) is 1. The van der Waals surface area contributed by atoms with Crippen LogP contribution in [-0.2, 0) is 0 Å². The molecular formula is C17H34N2.